The second-order valence-corrected chi connectivity index (χ2v) is 6.88. The topological polar surface area (TPSA) is 85.2 Å². The first kappa shape index (κ1) is 18.7. The lowest BCUT2D eigenvalue weighted by Crippen LogP contribution is -2.42. The molecule has 0 saturated carbocycles. The fraction of sp³-hybridized carbons (Fsp3) is 0.462. The zero-order chi connectivity index (χ0) is 15.4. The van der Waals surface area contributed by atoms with Crippen LogP contribution >= 0.6 is 0 Å². The molecular weight excluding hydrogens is 280 g/mol. The summed E-state index contributed by atoms with van der Waals surface area (Å²) < 4.78 is 15.4. The molecule has 1 rings (SSSR count). The van der Waals surface area contributed by atoms with E-state index in [9.17, 15) is 4.79 Å². The number of benzene rings is 1. The van der Waals surface area contributed by atoms with Crippen molar-refractivity contribution in [2.24, 2.45) is 0 Å². The molecule has 0 amide bonds. The lowest BCUT2D eigenvalue weighted by atomic mass is 10.2. The fourth-order valence-electron chi connectivity index (χ4n) is 1.43. The van der Waals surface area contributed by atoms with Crippen molar-refractivity contribution in [1.29, 1.82) is 0 Å². The Kier molecular flexibility index (Phi) is 9.86. The van der Waals surface area contributed by atoms with E-state index in [1.165, 1.54) is 0 Å². The fourth-order valence-corrected chi connectivity index (χ4v) is 3.14. The third-order valence-corrected chi connectivity index (χ3v) is 5.43. The highest BCUT2D eigenvalue weighted by atomic mass is 28.4. The Labute approximate surface area is 120 Å². The van der Waals surface area contributed by atoms with Crippen molar-refractivity contribution in [3.05, 3.63) is 35.9 Å². The molecule has 0 atom stereocenters. The number of rotatable bonds is 7. The standard InChI is InChI=1S/C7H6O2.C6H16O4Si/c8-7(9)6-4-2-1-3-5-6;1-8-11(9-2,10-3)6-4-5-7/h1-5H,(H,8,9);7H,4-6H2,1-3H3. The number of hydrogen-bond acceptors (Lipinski definition) is 5. The van der Waals surface area contributed by atoms with Gasteiger partial charge in [0.1, 0.15) is 0 Å². The van der Waals surface area contributed by atoms with E-state index in [2.05, 4.69) is 0 Å². The van der Waals surface area contributed by atoms with Gasteiger partial charge in [-0.25, -0.2) is 4.79 Å². The maximum atomic E-state index is 10.2. The van der Waals surface area contributed by atoms with Crippen molar-refractivity contribution in [2.45, 2.75) is 12.5 Å². The molecule has 0 heterocycles. The van der Waals surface area contributed by atoms with Gasteiger partial charge in [-0.2, -0.15) is 0 Å². The van der Waals surface area contributed by atoms with Crippen LogP contribution in [-0.4, -0.2) is 52.9 Å². The molecule has 6 nitrogen and oxygen atoms in total. The maximum absolute atomic E-state index is 10.2. The van der Waals surface area contributed by atoms with Gasteiger partial charge in [0.05, 0.1) is 5.56 Å². The molecule has 0 aliphatic rings. The molecule has 0 aliphatic heterocycles. The smallest absolute Gasteiger partial charge is 0.478 e. The summed E-state index contributed by atoms with van der Waals surface area (Å²) in [6.07, 6.45) is 0.655. The molecule has 2 N–H and O–H groups in total. The van der Waals surface area contributed by atoms with Crippen LogP contribution in [-0.2, 0) is 13.3 Å². The van der Waals surface area contributed by atoms with Crippen LogP contribution in [0.2, 0.25) is 6.04 Å². The predicted molar refractivity (Wildman–Crippen MR) is 76.7 cm³/mol. The van der Waals surface area contributed by atoms with Crippen molar-refractivity contribution in [3.63, 3.8) is 0 Å². The molecule has 0 spiro atoms. The quantitative estimate of drug-likeness (QED) is 0.745. The summed E-state index contributed by atoms with van der Waals surface area (Å²) in [6.45, 7) is 0.144. The highest BCUT2D eigenvalue weighted by Gasteiger charge is 2.36. The highest BCUT2D eigenvalue weighted by molar-refractivity contribution is 6.60. The van der Waals surface area contributed by atoms with Crippen LogP contribution in [0.3, 0.4) is 0 Å². The summed E-state index contributed by atoms with van der Waals surface area (Å²) in [5.74, 6) is -0.879. The van der Waals surface area contributed by atoms with E-state index in [0.717, 1.165) is 0 Å². The van der Waals surface area contributed by atoms with Crippen LogP contribution in [0.4, 0.5) is 0 Å². The SMILES string of the molecule is CO[Si](CCCO)(OC)OC.O=C(O)c1ccccc1. The number of aromatic carboxylic acids is 1. The first-order chi connectivity index (χ1) is 9.55. The molecule has 0 radical (unpaired) electrons. The van der Waals surface area contributed by atoms with Crippen molar-refractivity contribution in [1.82, 2.24) is 0 Å². The van der Waals surface area contributed by atoms with Crippen molar-refractivity contribution < 1.29 is 28.3 Å². The van der Waals surface area contributed by atoms with Gasteiger partial charge in [0.25, 0.3) is 0 Å². The van der Waals surface area contributed by atoms with Gasteiger partial charge >= 0.3 is 14.8 Å². The molecule has 7 heteroatoms. The average molecular weight is 302 g/mol. The Balaban J connectivity index is 0.000000367. The van der Waals surface area contributed by atoms with Gasteiger partial charge in [0, 0.05) is 34.0 Å². The van der Waals surface area contributed by atoms with Gasteiger partial charge in [-0.3, -0.25) is 0 Å². The number of aliphatic hydroxyl groups excluding tert-OH is 1. The van der Waals surface area contributed by atoms with Gasteiger partial charge < -0.3 is 23.5 Å². The van der Waals surface area contributed by atoms with Gasteiger partial charge in [-0.1, -0.05) is 18.2 Å². The van der Waals surface area contributed by atoms with Crippen LogP contribution in [0.5, 0.6) is 0 Å². The number of carbonyl (C=O) groups is 1. The Morgan fingerprint density at radius 1 is 1.10 bits per heavy atom. The minimum atomic E-state index is -2.40. The first-order valence-corrected chi connectivity index (χ1v) is 8.03. The third-order valence-electron chi connectivity index (χ3n) is 2.59. The number of carboxylic acid groups (broad SMARTS) is 1. The number of aliphatic hydroxyl groups is 1. The number of carboxylic acids is 1. The summed E-state index contributed by atoms with van der Waals surface area (Å²) in [5.41, 5.74) is 0.331. The first-order valence-electron chi connectivity index (χ1n) is 6.10. The van der Waals surface area contributed by atoms with Crippen LogP contribution in [0.25, 0.3) is 0 Å². The van der Waals surface area contributed by atoms with E-state index < -0.39 is 14.8 Å². The molecule has 1 aromatic rings. The predicted octanol–water partition coefficient (Wildman–Crippen LogP) is 1.63. The Hall–Kier alpha value is -1.25. The lowest BCUT2D eigenvalue weighted by Gasteiger charge is -2.23. The van der Waals surface area contributed by atoms with Gasteiger partial charge in [0.2, 0.25) is 0 Å². The minimum absolute atomic E-state index is 0.144. The van der Waals surface area contributed by atoms with Crippen molar-refractivity contribution in [2.75, 3.05) is 27.9 Å². The second-order valence-electron chi connectivity index (χ2n) is 3.79. The third kappa shape index (κ3) is 6.78. The van der Waals surface area contributed by atoms with Gasteiger partial charge in [-0.05, 0) is 18.6 Å². The lowest BCUT2D eigenvalue weighted by molar-refractivity contribution is 0.0697. The van der Waals surface area contributed by atoms with E-state index in [-0.39, 0.29) is 6.61 Å². The van der Waals surface area contributed by atoms with Crippen LogP contribution in [0.1, 0.15) is 16.8 Å². The summed E-state index contributed by atoms with van der Waals surface area (Å²) in [6, 6.07) is 8.96. The average Bonchev–Trinajstić information content (AvgIpc) is 2.51. The second kappa shape index (κ2) is 10.5. The normalized spacial score (nSPS) is 10.6. The van der Waals surface area contributed by atoms with Crippen molar-refractivity contribution in [3.8, 4) is 0 Å². The zero-order valence-corrected chi connectivity index (χ0v) is 13.0. The van der Waals surface area contributed by atoms with Crippen LogP contribution < -0.4 is 0 Å². The highest BCUT2D eigenvalue weighted by Crippen LogP contribution is 2.13. The largest absolute Gasteiger partial charge is 0.500 e. The summed E-state index contributed by atoms with van der Waals surface area (Å²) in [4.78, 5) is 10.2. The van der Waals surface area contributed by atoms with E-state index in [0.29, 0.717) is 18.0 Å². The molecule has 0 saturated heterocycles. The molecule has 20 heavy (non-hydrogen) atoms. The molecule has 1 aromatic carbocycles. The van der Waals surface area contributed by atoms with E-state index in [1.807, 2.05) is 0 Å². The zero-order valence-electron chi connectivity index (χ0n) is 12.0. The minimum Gasteiger partial charge on any atom is -0.478 e. The molecular formula is C13H22O6Si. The number of hydrogen-bond donors (Lipinski definition) is 2. The Morgan fingerprint density at radius 2 is 1.60 bits per heavy atom. The van der Waals surface area contributed by atoms with Crippen LogP contribution in [0, 0.1) is 0 Å². The molecule has 0 aromatic heterocycles. The van der Waals surface area contributed by atoms with E-state index in [1.54, 1.807) is 51.7 Å². The molecule has 0 unspecified atom stereocenters. The monoisotopic (exact) mass is 302 g/mol. The van der Waals surface area contributed by atoms with E-state index >= 15 is 0 Å². The molecule has 0 bridgehead atoms. The van der Waals surface area contributed by atoms with Gasteiger partial charge in [-0.15, -0.1) is 0 Å². The molecule has 114 valence electrons. The van der Waals surface area contributed by atoms with E-state index in [4.69, 9.17) is 23.5 Å². The Morgan fingerprint density at radius 3 is 1.90 bits per heavy atom. The summed E-state index contributed by atoms with van der Waals surface area (Å²) in [5, 5.41) is 17.0. The molecule has 0 fully saturated rings. The summed E-state index contributed by atoms with van der Waals surface area (Å²) >= 11 is 0. The van der Waals surface area contributed by atoms with Crippen molar-refractivity contribution >= 4 is 14.8 Å². The maximum Gasteiger partial charge on any atom is 0.500 e. The van der Waals surface area contributed by atoms with Crippen LogP contribution in [0.15, 0.2) is 30.3 Å². The molecule has 0 aliphatic carbocycles. The Bertz CT molecular complexity index is 358. The van der Waals surface area contributed by atoms with Gasteiger partial charge in [0.15, 0.2) is 0 Å². The summed E-state index contributed by atoms with van der Waals surface area (Å²) in [7, 11) is 2.30.